The van der Waals surface area contributed by atoms with Crippen molar-refractivity contribution in [3.05, 3.63) is 0 Å². The van der Waals surface area contributed by atoms with Crippen molar-refractivity contribution < 1.29 is 23.4 Å². The zero-order valence-corrected chi connectivity index (χ0v) is 9.08. The number of ether oxygens (including phenoxy) is 1. The minimum absolute atomic E-state index is 0.0188. The standard InChI is InChI=1S/C8H13O5P/c1-12-8(10)6-5-14(11,13-2)4-3-7(6)9/h6H,3-5H2,1-2H3/t6-,14+/m1/s1. The van der Waals surface area contributed by atoms with Crippen molar-refractivity contribution in [2.24, 2.45) is 5.92 Å². The molecule has 0 N–H and O–H groups in total. The first kappa shape index (κ1) is 11.4. The first-order chi connectivity index (χ1) is 6.52. The second-order valence-electron chi connectivity index (χ2n) is 3.20. The third-order valence-corrected chi connectivity index (χ3v) is 4.86. The SMILES string of the molecule is COC(=O)[C@@H]1C[P@@](=O)(OC)CCC1=O. The molecule has 0 aromatic rings. The Morgan fingerprint density at radius 3 is 2.64 bits per heavy atom. The predicted octanol–water partition coefficient (Wildman–Crippen LogP) is 0.673. The molecule has 0 saturated carbocycles. The van der Waals surface area contributed by atoms with Crippen molar-refractivity contribution in [1.29, 1.82) is 0 Å². The Balaban J connectivity index is 2.79. The number of rotatable bonds is 2. The number of hydrogen-bond acceptors (Lipinski definition) is 5. The summed E-state index contributed by atoms with van der Waals surface area (Å²) in [6, 6.07) is 0. The van der Waals surface area contributed by atoms with Crippen LogP contribution in [0.3, 0.4) is 0 Å². The van der Waals surface area contributed by atoms with Crippen LogP contribution in [-0.4, -0.2) is 38.3 Å². The van der Waals surface area contributed by atoms with E-state index in [0.29, 0.717) is 0 Å². The Kier molecular flexibility index (Phi) is 3.45. The summed E-state index contributed by atoms with van der Waals surface area (Å²) in [6.07, 6.45) is 0.343. The number of ketones is 1. The molecule has 1 fully saturated rings. The fourth-order valence-corrected chi connectivity index (χ4v) is 3.42. The normalized spacial score (nSPS) is 32.7. The van der Waals surface area contributed by atoms with Crippen molar-refractivity contribution in [1.82, 2.24) is 0 Å². The third-order valence-electron chi connectivity index (χ3n) is 2.37. The number of methoxy groups -OCH3 is 1. The van der Waals surface area contributed by atoms with Gasteiger partial charge in [0.1, 0.15) is 11.7 Å². The average Bonchev–Trinajstić information content (AvgIpc) is 2.21. The minimum Gasteiger partial charge on any atom is -0.468 e. The smallest absolute Gasteiger partial charge is 0.316 e. The lowest BCUT2D eigenvalue weighted by atomic mass is 10.0. The molecule has 6 heteroatoms. The Morgan fingerprint density at radius 1 is 1.50 bits per heavy atom. The molecule has 14 heavy (non-hydrogen) atoms. The molecular formula is C8H13O5P. The number of Topliss-reactive ketones (excluding diaryl/α,β-unsaturated/α-hetero) is 1. The number of hydrogen-bond donors (Lipinski definition) is 0. The average molecular weight is 220 g/mol. The van der Waals surface area contributed by atoms with Crippen LogP contribution in [0.5, 0.6) is 0 Å². The molecule has 1 saturated heterocycles. The largest absolute Gasteiger partial charge is 0.468 e. The Bertz CT molecular complexity index is 290. The molecule has 1 aliphatic heterocycles. The van der Waals surface area contributed by atoms with E-state index in [9.17, 15) is 14.2 Å². The molecular weight excluding hydrogens is 207 g/mol. The van der Waals surface area contributed by atoms with E-state index in [2.05, 4.69) is 4.74 Å². The van der Waals surface area contributed by atoms with E-state index in [1.54, 1.807) is 0 Å². The molecule has 1 heterocycles. The maximum atomic E-state index is 11.8. The van der Waals surface area contributed by atoms with Crippen LogP contribution in [0, 0.1) is 5.92 Å². The molecule has 2 atom stereocenters. The first-order valence-corrected chi connectivity index (χ1v) is 6.26. The lowest BCUT2D eigenvalue weighted by Crippen LogP contribution is -2.33. The number of esters is 1. The summed E-state index contributed by atoms with van der Waals surface area (Å²) in [5, 5.41) is 0. The van der Waals surface area contributed by atoms with Gasteiger partial charge in [0, 0.05) is 25.9 Å². The van der Waals surface area contributed by atoms with Crippen molar-refractivity contribution in [2.75, 3.05) is 26.5 Å². The van der Waals surface area contributed by atoms with E-state index >= 15 is 0 Å². The zero-order valence-electron chi connectivity index (χ0n) is 8.19. The summed E-state index contributed by atoms with van der Waals surface area (Å²) in [6.45, 7) is 0. The van der Waals surface area contributed by atoms with Crippen molar-refractivity contribution in [3.63, 3.8) is 0 Å². The summed E-state index contributed by atoms with van der Waals surface area (Å²) in [5.41, 5.74) is 0. The van der Waals surface area contributed by atoms with E-state index in [1.807, 2.05) is 0 Å². The van der Waals surface area contributed by atoms with Gasteiger partial charge in [-0.15, -0.1) is 0 Å². The Hall–Kier alpha value is -0.670. The molecule has 0 unspecified atom stereocenters. The van der Waals surface area contributed by atoms with Crippen LogP contribution < -0.4 is 0 Å². The van der Waals surface area contributed by atoms with Crippen LogP contribution in [-0.2, 0) is 23.4 Å². The molecule has 0 spiro atoms. The van der Waals surface area contributed by atoms with Crippen LogP contribution in [0.15, 0.2) is 0 Å². The van der Waals surface area contributed by atoms with Gasteiger partial charge in [-0.2, -0.15) is 0 Å². The van der Waals surface area contributed by atoms with Gasteiger partial charge >= 0.3 is 5.97 Å². The molecule has 0 radical (unpaired) electrons. The quantitative estimate of drug-likeness (QED) is 0.388. The fraction of sp³-hybridized carbons (Fsp3) is 0.750. The van der Waals surface area contributed by atoms with Crippen LogP contribution >= 0.6 is 7.37 Å². The maximum absolute atomic E-state index is 11.8. The van der Waals surface area contributed by atoms with Gasteiger partial charge in [-0.3, -0.25) is 14.2 Å². The van der Waals surface area contributed by atoms with E-state index in [1.165, 1.54) is 14.2 Å². The van der Waals surface area contributed by atoms with Gasteiger partial charge in [0.15, 0.2) is 0 Å². The van der Waals surface area contributed by atoms with E-state index in [-0.39, 0.29) is 24.5 Å². The third kappa shape index (κ3) is 2.22. The maximum Gasteiger partial charge on any atom is 0.316 e. The molecule has 0 amide bonds. The second kappa shape index (κ2) is 4.24. The topological polar surface area (TPSA) is 69.7 Å². The monoisotopic (exact) mass is 220 g/mol. The van der Waals surface area contributed by atoms with Crippen LogP contribution in [0.2, 0.25) is 0 Å². The lowest BCUT2D eigenvalue weighted by Gasteiger charge is -2.25. The molecule has 1 aliphatic rings. The lowest BCUT2D eigenvalue weighted by molar-refractivity contribution is -0.148. The Morgan fingerprint density at radius 2 is 2.14 bits per heavy atom. The molecule has 0 aromatic carbocycles. The summed E-state index contributed by atoms with van der Waals surface area (Å²) in [4.78, 5) is 22.5. The minimum atomic E-state index is -2.78. The molecule has 0 bridgehead atoms. The highest BCUT2D eigenvalue weighted by Crippen LogP contribution is 2.51. The van der Waals surface area contributed by atoms with Crippen molar-refractivity contribution in [2.45, 2.75) is 6.42 Å². The van der Waals surface area contributed by atoms with Gasteiger partial charge in [-0.25, -0.2) is 0 Å². The van der Waals surface area contributed by atoms with Gasteiger partial charge in [0.2, 0.25) is 7.37 Å². The highest BCUT2D eigenvalue weighted by Gasteiger charge is 2.40. The van der Waals surface area contributed by atoms with Crippen molar-refractivity contribution >= 4 is 19.1 Å². The van der Waals surface area contributed by atoms with Gasteiger partial charge in [-0.1, -0.05) is 0 Å². The van der Waals surface area contributed by atoms with Gasteiger partial charge < -0.3 is 9.26 Å². The highest BCUT2D eigenvalue weighted by atomic mass is 31.2. The van der Waals surface area contributed by atoms with Gasteiger partial charge in [-0.05, 0) is 0 Å². The first-order valence-electron chi connectivity index (χ1n) is 4.27. The second-order valence-corrected chi connectivity index (χ2v) is 6.00. The van der Waals surface area contributed by atoms with Crippen molar-refractivity contribution in [3.8, 4) is 0 Å². The predicted molar refractivity (Wildman–Crippen MR) is 49.5 cm³/mol. The summed E-state index contributed by atoms with van der Waals surface area (Å²) in [7, 11) is -0.228. The Labute approximate surface area is 82.2 Å². The number of carbonyl (C=O) groups is 2. The van der Waals surface area contributed by atoms with E-state index in [0.717, 1.165) is 0 Å². The molecule has 1 rings (SSSR count). The van der Waals surface area contributed by atoms with E-state index < -0.39 is 19.3 Å². The van der Waals surface area contributed by atoms with Crippen LogP contribution in [0.25, 0.3) is 0 Å². The van der Waals surface area contributed by atoms with Crippen LogP contribution in [0.1, 0.15) is 6.42 Å². The zero-order chi connectivity index (χ0) is 10.8. The fourth-order valence-electron chi connectivity index (χ4n) is 1.44. The van der Waals surface area contributed by atoms with Crippen LogP contribution in [0.4, 0.5) is 0 Å². The summed E-state index contributed by atoms with van der Waals surface area (Å²) >= 11 is 0. The van der Waals surface area contributed by atoms with Gasteiger partial charge in [0.25, 0.3) is 0 Å². The number of carbonyl (C=O) groups excluding carboxylic acids is 2. The summed E-state index contributed by atoms with van der Waals surface area (Å²) in [5.74, 6) is -1.73. The summed E-state index contributed by atoms with van der Waals surface area (Å²) < 4.78 is 21.1. The van der Waals surface area contributed by atoms with E-state index in [4.69, 9.17) is 4.52 Å². The molecule has 0 aliphatic carbocycles. The molecule has 5 nitrogen and oxygen atoms in total. The van der Waals surface area contributed by atoms with Gasteiger partial charge in [0.05, 0.1) is 7.11 Å². The molecule has 0 aromatic heterocycles. The highest BCUT2D eigenvalue weighted by molar-refractivity contribution is 7.59. The molecule has 80 valence electrons.